The second kappa shape index (κ2) is 5.48. The first-order chi connectivity index (χ1) is 8.70. The normalized spacial score (nSPS) is 9.44. The third kappa shape index (κ3) is 2.76. The molecule has 0 bridgehead atoms. The number of carbonyl (C=O) groups excluding carboxylic acids is 1. The molecule has 0 atom stereocenters. The predicted octanol–water partition coefficient (Wildman–Crippen LogP) is 2.00. The van der Waals surface area contributed by atoms with Gasteiger partial charge in [0.15, 0.2) is 0 Å². The standard InChI is InChI=1S/C14H12N2OS/c1-16-10-2-3-13(16)9-6-11-4-7-12(8-5-11)14(17)15-18/h2-5,7-8,10,18H,1H3,(H,15,17). The summed E-state index contributed by atoms with van der Waals surface area (Å²) in [6, 6.07) is 11.0. The van der Waals surface area contributed by atoms with Crippen molar-refractivity contribution in [1.82, 2.24) is 9.29 Å². The molecule has 1 amide bonds. The Kier molecular flexibility index (Phi) is 3.75. The van der Waals surface area contributed by atoms with Crippen molar-refractivity contribution < 1.29 is 4.79 Å². The van der Waals surface area contributed by atoms with Crippen LogP contribution in [-0.2, 0) is 7.05 Å². The summed E-state index contributed by atoms with van der Waals surface area (Å²) in [5, 5.41) is 0. The van der Waals surface area contributed by atoms with Crippen molar-refractivity contribution in [3.63, 3.8) is 0 Å². The van der Waals surface area contributed by atoms with Gasteiger partial charge in [-0.2, -0.15) is 0 Å². The fourth-order valence-electron chi connectivity index (χ4n) is 1.50. The Hall–Kier alpha value is -2.12. The van der Waals surface area contributed by atoms with Crippen molar-refractivity contribution in [3.05, 3.63) is 59.4 Å². The minimum atomic E-state index is -0.222. The fourth-order valence-corrected chi connectivity index (χ4v) is 1.63. The van der Waals surface area contributed by atoms with E-state index in [1.54, 1.807) is 12.1 Å². The van der Waals surface area contributed by atoms with E-state index in [1.807, 2.05) is 42.1 Å². The number of rotatable bonds is 1. The number of hydrogen-bond acceptors (Lipinski definition) is 2. The maximum atomic E-state index is 11.3. The molecule has 0 aliphatic carbocycles. The smallest absolute Gasteiger partial charge is 0.260 e. The maximum absolute atomic E-state index is 11.3. The van der Waals surface area contributed by atoms with Crippen LogP contribution in [0.25, 0.3) is 0 Å². The maximum Gasteiger partial charge on any atom is 0.260 e. The molecule has 0 saturated carbocycles. The van der Waals surface area contributed by atoms with Gasteiger partial charge in [-0.3, -0.25) is 9.52 Å². The van der Waals surface area contributed by atoms with E-state index in [9.17, 15) is 4.79 Å². The van der Waals surface area contributed by atoms with Gasteiger partial charge in [0.05, 0.1) is 5.69 Å². The number of aromatic nitrogens is 1. The molecule has 1 N–H and O–H groups in total. The van der Waals surface area contributed by atoms with Crippen LogP contribution >= 0.6 is 12.8 Å². The molecular weight excluding hydrogens is 244 g/mol. The summed E-state index contributed by atoms with van der Waals surface area (Å²) < 4.78 is 4.23. The summed E-state index contributed by atoms with van der Waals surface area (Å²) >= 11 is 3.72. The molecule has 2 aromatic rings. The molecule has 0 unspecified atom stereocenters. The van der Waals surface area contributed by atoms with Crippen molar-refractivity contribution >= 4 is 18.7 Å². The highest BCUT2D eigenvalue weighted by Gasteiger charge is 2.01. The van der Waals surface area contributed by atoms with Gasteiger partial charge in [0.25, 0.3) is 5.91 Å². The number of hydrogen-bond donors (Lipinski definition) is 2. The lowest BCUT2D eigenvalue weighted by Gasteiger charge is -1.98. The van der Waals surface area contributed by atoms with E-state index >= 15 is 0 Å². The second-order valence-corrected chi connectivity index (χ2v) is 4.00. The first kappa shape index (κ1) is 12.3. The number of thiol groups is 1. The molecule has 1 aromatic carbocycles. The molecule has 18 heavy (non-hydrogen) atoms. The van der Waals surface area contributed by atoms with E-state index in [2.05, 4.69) is 29.4 Å². The molecule has 3 nitrogen and oxygen atoms in total. The molecule has 0 aliphatic rings. The Labute approximate surface area is 111 Å². The van der Waals surface area contributed by atoms with Gasteiger partial charge in [-0.05, 0) is 42.3 Å². The molecule has 1 heterocycles. The Morgan fingerprint density at radius 2 is 1.94 bits per heavy atom. The van der Waals surface area contributed by atoms with Gasteiger partial charge in [-0.1, -0.05) is 18.7 Å². The quantitative estimate of drug-likeness (QED) is 0.594. The van der Waals surface area contributed by atoms with E-state index in [0.717, 1.165) is 11.3 Å². The zero-order chi connectivity index (χ0) is 13.0. The van der Waals surface area contributed by atoms with Crippen molar-refractivity contribution in [2.75, 3.05) is 0 Å². The number of aryl methyl sites for hydroxylation is 1. The van der Waals surface area contributed by atoms with Crippen LogP contribution in [0, 0.1) is 11.8 Å². The molecule has 90 valence electrons. The zero-order valence-corrected chi connectivity index (χ0v) is 10.7. The van der Waals surface area contributed by atoms with Gasteiger partial charge in [0.2, 0.25) is 0 Å². The largest absolute Gasteiger partial charge is 0.344 e. The average Bonchev–Trinajstić information content (AvgIpc) is 2.81. The Morgan fingerprint density at radius 3 is 2.50 bits per heavy atom. The lowest BCUT2D eigenvalue weighted by molar-refractivity contribution is 0.0985. The van der Waals surface area contributed by atoms with Crippen LogP contribution in [0.1, 0.15) is 21.6 Å². The van der Waals surface area contributed by atoms with Gasteiger partial charge >= 0.3 is 0 Å². The SMILES string of the molecule is Cn1cccc1C#Cc1ccc(C(=O)NS)cc1. The molecule has 0 saturated heterocycles. The number of carbonyl (C=O) groups is 1. The van der Waals surface area contributed by atoms with Crippen LogP contribution in [0.5, 0.6) is 0 Å². The van der Waals surface area contributed by atoms with Gasteiger partial charge in [-0.25, -0.2) is 0 Å². The minimum absolute atomic E-state index is 0.222. The highest BCUT2D eigenvalue weighted by molar-refractivity contribution is 7.78. The molecule has 0 spiro atoms. The van der Waals surface area contributed by atoms with Crippen molar-refractivity contribution in [2.24, 2.45) is 7.05 Å². The third-order valence-corrected chi connectivity index (χ3v) is 2.73. The summed E-state index contributed by atoms with van der Waals surface area (Å²) in [5.41, 5.74) is 2.38. The highest BCUT2D eigenvalue weighted by Crippen LogP contribution is 2.04. The van der Waals surface area contributed by atoms with E-state index in [-0.39, 0.29) is 5.91 Å². The highest BCUT2D eigenvalue weighted by atomic mass is 32.1. The number of benzene rings is 1. The fraction of sp³-hybridized carbons (Fsp3) is 0.0714. The molecule has 0 fully saturated rings. The van der Waals surface area contributed by atoms with Crippen molar-refractivity contribution in [3.8, 4) is 11.8 Å². The Balaban J connectivity index is 2.19. The van der Waals surface area contributed by atoms with Gasteiger partial charge in [0.1, 0.15) is 0 Å². The van der Waals surface area contributed by atoms with Gasteiger partial charge in [0, 0.05) is 24.4 Å². The monoisotopic (exact) mass is 256 g/mol. The number of amides is 1. The number of nitrogens with zero attached hydrogens (tertiary/aromatic N) is 1. The Morgan fingerprint density at radius 1 is 1.22 bits per heavy atom. The lowest BCUT2D eigenvalue weighted by Crippen LogP contribution is -2.12. The van der Waals surface area contributed by atoms with Crippen molar-refractivity contribution in [1.29, 1.82) is 0 Å². The molecule has 0 radical (unpaired) electrons. The van der Waals surface area contributed by atoms with Crippen LogP contribution in [-0.4, -0.2) is 10.5 Å². The van der Waals surface area contributed by atoms with E-state index in [4.69, 9.17) is 0 Å². The van der Waals surface area contributed by atoms with Crippen LogP contribution in [0.15, 0.2) is 42.6 Å². The summed E-state index contributed by atoms with van der Waals surface area (Å²) in [4.78, 5) is 11.3. The van der Waals surface area contributed by atoms with Crippen molar-refractivity contribution in [2.45, 2.75) is 0 Å². The summed E-state index contributed by atoms with van der Waals surface area (Å²) in [6.45, 7) is 0. The van der Waals surface area contributed by atoms with E-state index in [1.165, 1.54) is 0 Å². The lowest BCUT2D eigenvalue weighted by atomic mass is 10.1. The summed E-state index contributed by atoms with van der Waals surface area (Å²) in [7, 11) is 1.95. The minimum Gasteiger partial charge on any atom is -0.344 e. The van der Waals surface area contributed by atoms with Gasteiger partial charge in [-0.15, -0.1) is 0 Å². The van der Waals surface area contributed by atoms with Crippen LogP contribution in [0.3, 0.4) is 0 Å². The summed E-state index contributed by atoms with van der Waals surface area (Å²) in [6.07, 6.45) is 1.95. The molecule has 0 aliphatic heterocycles. The molecule has 4 heteroatoms. The molecule has 1 aromatic heterocycles. The molecule has 2 rings (SSSR count). The van der Waals surface area contributed by atoms with Crippen LogP contribution in [0.2, 0.25) is 0 Å². The van der Waals surface area contributed by atoms with Gasteiger partial charge < -0.3 is 4.57 Å². The topological polar surface area (TPSA) is 34.0 Å². The first-order valence-electron chi connectivity index (χ1n) is 5.38. The number of nitrogens with one attached hydrogen (secondary N) is 1. The second-order valence-electron chi connectivity index (χ2n) is 3.77. The average molecular weight is 256 g/mol. The zero-order valence-electron chi connectivity index (χ0n) is 9.84. The third-order valence-electron chi connectivity index (χ3n) is 2.53. The Bertz CT molecular complexity index is 617. The van der Waals surface area contributed by atoms with E-state index in [0.29, 0.717) is 5.56 Å². The molecular formula is C14H12N2OS. The first-order valence-corrected chi connectivity index (χ1v) is 5.83. The summed E-state index contributed by atoms with van der Waals surface area (Å²) in [5.74, 6) is 5.90. The van der Waals surface area contributed by atoms with E-state index < -0.39 is 0 Å². The van der Waals surface area contributed by atoms with Crippen LogP contribution < -0.4 is 4.72 Å². The van der Waals surface area contributed by atoms with Crippen LogP contribution in [0.4, 0.5) is 0 Å². The predicted molar refractivity (Wildman–Crippen MR) is 74.3 cm³/mol.